The van der Waals surface area contributed by atoms with E-state index < -0.39 is 0 Å². The highest BCUT2D eigenvalue weighted by atomic mass is 15.2. The molecule has 1 saturated heterocycles. The Morgan fingerprint density at radius 3 is 2.55 bits per heavy atom. The maximum Gasteiger partial charge on any atom is 0.0250 e. The summed E-state index contributed by atoms with van der Waals surface area (Å²) in [5, 5.41) is 0. The molecule has 1 heterocycles. The zero-order valence-corrected chi connectivity index (χ0v) is 14.2. The van der Waals surface area contributed by atoms with Crippen LogP contribution >= 0.6 is 0 Å². The molecule has 1 aliphatic carbocycles. The Balaban J connectivity index is 1.96. The van der Waals surface area contributed by atoms with Crippen LogP contribution in [-0.4, -0.2) is 30.1 Å². The van der Waals surface area contributed by atoms with Gasteiger partial charge >= 0.3 is 0 Å². The van der Waals surface area contributed by atoms with Crippen molar-refractivity contribution in [1.82, 2.24) is 4.90 Å². The molecule has 0 bridgehead atoms. The first kappa shape index (κ1) is 16.3. The molecule has 2 heteroatoms. The number of hydrogen-bond acceptors (Lipinski definition) is 2. The molecular weight excluding hydrogens is 244 g/mol. The third-order valence-electron chi connectivity index (χ3n) is 6.37. The lowest BCUT2D eigenvalue weighted by atomic mass is 9.67. The summed E-state index contributed by atoms with van der Waals surface area (Å²) in [5.74, 6) is 1.80. The van der Waals surface area contributed by atoms with Crippen LogP contribution in [0.4, 0.5) is 0 Å². The number of rotatable bonds is 5. The Morgan fingerprint density at radius 1 is 1.15 bits per heavy atom. The molecule has 4 atom stereocenters. The molecule has 0 aromatic rings. The molecular formula is C18H36N2. The molecule has 2 aliphatic rings. The van der Waals surface area contributed by atoms with Gasteiger partial charge in [0.1, 0.15) is 0 Å². The highest BCUT2D eigenvalue weighted by Gasteiger charge is 2.39. The zero-order valence-electron chi connectivity index (χ0n) is 14.2. The van der Waals surface area contributed by atoms with E-state index in [0.717, 1.165) is 11.8 Å². The maximum atomic E-state index is 6.48. The predicted molar refractivity (Wildman–Crippen MR) is 87.8 cm³/mol. The van der Waals surface area contributed by atoms with Crippen molar-refractivity contribution in [3.05, 3.63) is 0 Å². The largest absolute Gasteiger partial charge is 0.326 e. The Bertz CT molecular complexity index is 300. The summed E-state index contributed by atoms with van der Waals surface area (Å²) in [4.78, 5) is 2.74. The van der Waals surface area contributed by atoms with Crippen molar-refractivity contribution >= 4 is 0 Å². The van der Waals surface area contributed by atoms with Crippen molar-refractivity contribution < 1.29 is 0 Å². The Kier molecular flexibility index (Phi) is 5.53. The maximum absolute atomic E-state index is 6.48. The first-order valence-electron chi connectivity index (χ1n) is 8.97. The highest BCUT2D eigenvalue weighted by molar-refractivity contribution is 4.95. The van der Waals surface area contributed by atoms with Gasteiger partial charge in [-0.3, -0.25) is 4.90 Å². The lowest BCUT2D eigenvalue weighted by Crippen LogP contribution is -2.52. The van der Waals surface area contributed by atoms with Gasteiger partial charge in [-0.05, 0) is 55.9 Å². The van der Waals surface area contributed by atoms with Crippen LogP contribution in [0.3, 0.4) is 0 Å². The van der Waals surface area contributed by atoms with Gasteiger partial charge in [-0.1, -0.05) is 40.5 Å². The first-order valence-corrected chi connectivity index (χ1v) is 8.97. The van der Waals surface area contributed by atoms with Crippen LogP contribution in [0.15, 0.2) is 0 Å². The third-order valence-corrected chi connectivity index (χ3v) is 6.37. The molecule has 1 aliphatic heterocycles. The van der Waals surface area contributed by atoms with Gasteiger partial charge < -0.3 is 5.73 Å². The van der Waals surface area contributed by atoms with Gasteiger partial charge in [0.05, 0.1) is 0 Å². The summed E-state index contributed by atoms with van der Waals surface area (Å²) in [6, 6.07) is 1.07. The topological polar surface area (TPSA) is 29.3 Å². The summed E-state index contributed by atoms with van der Waals surface area (Å²) >= 11 is 0. The number of hydrogen-bond donors (Lipinski definition) is 1. The molecule has 1 saturated carbocycles. The molecule has 0 aromatic carbocycles. The standard InChI is InChI=1S/C18H36N2/c1-5-7-14-10-11-20(13-14)17-12-15(8-9-16(17)19)18(3,4)6-2/h14-17H,5-13,19H2,1-4H3. The second-order valence-corrected chi connectivity index (χ2v) is 8.02. The van der Waals surface area contributed by atoms with E-state index in [1.165, 1.54) is 58.0 Å². The average Bonchev–Trinajstić information content (AvgIpc) is 2.88. The lowest BCUT2D eigenvalue weighted by molar-refractivity contribution is 0.0700. The SMILES string of the molecule is CCCC1CCN(C2CC(C(C)(C)CC)CCC2N)C1. The normalized spacial score (nSPS) is 36.5. The van der Waals surface area contributed by atoms with Crippen LogP contribution in [0, 0.1) is 17.3 Å². The van der Waals surface area contributed by atoms with Crippen LogP contribution in [0.5, 0.6) is 0 Å². The average molecular weight is 280 g/mol. The summed E-state index contributed by atoms with van der Waals surface area (Å²) in [6.45, 7) is 12.2. The van der Waals surface area contributed by atoms with Gasteiger partial charge in [0.15, 0.2) is 0 Å². The van der Waals surface area contributed by atoms with Gasteiger partial charge in [0.25, 0.3) is 0 Å². The zero-order chi connectivity index (χ0) is 14.8. The van der Waals surface area contributed by atoms with E-state index in [-0.39, 0.29) is 0 Å². The van der Waals surface area contributed by atoms with Crippen molar-refractivity contribution in [2.24, 2.45) is 23.0 Å². The molecule has 0 aromatic heterocycles. The van der Waals surface area contributed by atoms with E-state index in [2.05, 4.69) is 32.6 Å². The molecule has 0 spiro atoms. The molecule has 2 nitrogen and oxygen atoms in total. The quantitative estimate of drug-likeness (QED) is 0.823. The third kappa shape index (κ3) is 3.57. The van der Waals surface area contributed by atoms with Gasteiger partial charge in [0.2, 0.25) is 0 Å². The van der Waals surface area contributed by atoms with E-state index >= 15 is 0 Å². The summed E-state index contributed by atoms with van der Waals surface area (Å²) < 4.78 is 0. The Labute approximate surface area is 126 Å². The molecule has 0 radical (unpaired) electrons. The fourth-order valence-electron chi connectivity index (χ4n) is 4.40. The summed E-state index contributed by atoms with van der Waals surface area (Å²) in [6.07, 6.45) is 9.33. The van der Waals surface area contributed by atoms with Crippen LogP contribution in [-0.2, 0) is 0 Å². The fourth-order valence-corrected chi connectivity index (χ4v) is 4.40. The van der Waals surface area contributed by atoms with Gasteiger partial charge in [-0.25, -0.2) is 0 Å². The minimum Gasteiger partial charge on any atom is -0.326 e. The number of likely N-dealkylation sites (tertiary alicyclic amines) is 1. The van der Waals surface area contributed by atoms with E-state index in [1.807, 2.05) is 0 Å². The van der Waals surface area contributed by atoms with Gasteiger partial charge in [-0.2, -0.15) is 0 Å². The number of nitrogens with two attached hydrogens (primary N) is 1. The van der Waals surface area contributed by atoms with Crippen molar-refractivity contribution in [3.63, 3.8) is 0 Å². The van der Waals surface area contributed by atoms with Crippen LogP contribution in [0.25, 0.3) is 0 Å². The molecule has 2 N–H and O–H groups in total. The van der Waals surface area contributed by atoms with Crippen molar-refractivity contribution in [2.75, 3.05) is 13.1 Å². The van der Waals surface area contributed by atoms with E-state index in [4.69, 9.17) is 5.73 Å². The second-order valence-electron chi connectivity index (χ2n) is 8.02. The van der Waals surface area contributed by atoms with Crippen LogP contribution in [0.2, 0.25) is 0 Å². The molecule has 2 rings (SSSR count). The smallest absolute Gasteiger partial charge is 0.0250 e. The van der Waals surface area contributed by atoms with Gasteiger partial charge in [-0.15, -0.1) is 0 Å². The highest BCUT2D eigenvalue weighted by Crippen LogP contribution is 2.42. The second kappa shape index (κ2) is 6.79. The summed E-state index contributed by atoms with van der Waals surface area (Å²) in [7, 11) is 0. The molecule has 2 fully saturated rings. The van der Waals surface area contributed by atoms with Crippen LogP contribution < -0.4 is 5.73 Å². The minimum absolute atomic E-state index is 0.416. The predicted octanol–water partition coefficient (Wildman–Crippen LogP) is 4.04. The molecule has 20 heavy (non-hydrogen) atoms. The summed E-state index contributed by atoms with van der Waals surface area (Å²) in [5.41, 5.74) is 6.97. The number of nitrogens with zero attached hydrogens (tertiary/aromatic N) is 1. The van der Waals surface area contributed by atoms with Crippen molar-refractivity contribution in [2.45, 2.75) is 84.7 Å². The van der Waals surface area contributed by atoms with E-state index in [9.17, 15) is 0 Å². The van der Waals surface area contributed by atoms with Crippen LogP contribution in [0.1, 0.15) is 72.6 Å². The molecule has 118 valence electrons. The van der Waals surface area contributed by atoms with Gasteiger partial charge in [0, 0.05) is 18.6 Å². The minimum atomic E-state index is 0.416. The van der Waals surface area contributed by atoms with E-state index in [0.29, 0.717) is 17.5 Å². The monoisotopic (exact) mass is 280 g/mol. The fraction of sp³-hybridized carbons (Fsp3) is 1.00. The first-order chi connectivity index (χ1) is 9.47. The van der Waals surface area contributed by atoms with E-state index in [1.54, 1.807) is 0 Å². The van der Waals surface area contributed by atoms with Crippen molar-refractivity contribution in [3.8, 4) is 0 Å². The Hall–Kier alpha value is -0.0800. The molecule has 4 unspecified atom stereocenters. The Morgan fingerprint density at radius 2 is 1.90 bits per heavy atom. The van der Waals surface area contributed by atoms with Crippen molar-refractivity contribution in [1.29, 1.82) is 0 Å². The lowest BCUT2D eigenvalue weighted by Gasteiger charge is -2.45. The molecule has 0 amide bonds.